The highest BCUT2D eigenvalue weighted by Gasteiger charge is 2.29. The third kappa shape index (κ3) is 5.01. The van der Waals surface area contributed by atoms with Gasteiger partial charge >= 0.3 is 5.97 Å². The SMILES string of the molecule is O=C(O)COc1cccc2c1CCCC2N(c1ccc(-c2cccc(Cl)c2Cl)cc1)S(=O)[O-]. The first-order valence-electron chi connectivity index (χ1n) is 10.3. The average molecular weight is 505 g/mol. The van der Waals surface area contributed by atoms with E-state index in [1.54, 1.807) is 36.4 Å². The average Bonchev–Trinajstić information content (AvgIpc) is 2.80. The van der Waals surface area contributed by atoms with Crippen LogP contribution in [0.4, 0.5) is 5.69 Å². The first-order chi connectivity index (χ1) is 15.9. The van der Waals surface area contributed by atoms with Crippen molar-refractivity contribution in [2.75, 3.05) is 10.9 Å². The summed E-state index contributed by atoms with van der Waals surface area (Å²) in [4.78, 5) is 10.9. The number of ether oxygens (including phenoxy) is 1. The molecule has 0 spiro atoms. The maximum absolute atomic E-state index is 12.3. The number of nitrogens with zero attached hydrogens (tertiary/aromatic N) is 1. The Balaban J connectivity index is 1.68. The van der Waals surface area contributed by atoms with Gasteiger partial charge in [0.25, 0.3) is 0 Å². The lowest BCUT2D eigenvalue weighted by Crippen LogP contribution is -2.33. The molecule has 1 N–H and O–H groups in total. The first-order valence-corrected chi connectivity index (χ1v) is 12.0. The molecular formula is C24H20Cl2NO5S-. The van der Waals surface area contributed by atoms with Crippen LogP contribution in [-0.4, -0.2) is 26.4 Å². The summed E-state index contributed by atoms with van der Waals surface area (Å²) in [5.74, 6) is -0.593. The van der Waals surface area contributed by atoms with Gasteiger partial charge in [-0.1, -0.05) is 59.6 Å². The van der Waals surface area contributed by atoms with Crippen LogP contribution in [0, 0.1) is 0 Å². The number of anilines is 1. The van der Waals surface area contributed by atoms with Crippen molar-refractivity contribution in [3.05, 3.63) is 81.8 Å². The number of hydrogen-bond acceptors (Lipinski definition) is 4. The molecule has 172 valence electrons. The van der Waals surface area contributed by atoms with Crippen molar-refractivity contribution in [3.8, 4) is 16.9 Å². The highest BCUT2D eigenvalue weighted by molar-refractivity contribution is 7.80. The second-order valence-corrected chi connectivity index (χ2v) is 9.22. The Hall–Kier alpha value is -2.58. The maximum Gasteiger partial charge on any atom is 0.341 e. The zero-order chi connectivity index (χ0) is 23.5. The van der Waals surface area contributed by atoms with Gasteiger partial charge in [-0.3, -0.25) is 8.51 Å². The van der Waals surface area contributed by atoms with E-state index >= 15 is 0 Å². The monoisotopic (exact) mass is 504 g/mol. The Labute approximate surface area is 204 Å². The molecule has 0 amide bonds. The molecule has 0 fully saturated rings. The fourth-order valence-corrected chi connectivity index (χ4v) is 5.32. The fourth-order valence-electron chi connectivity index (χ4n) is 4.19. The van der Waals surface area contributed by atoms with Crippen molar-refractivity contribution >= 4 is 46.1 Å². The van der Waals surface area contributed by atoms with E-state index in [-0.39, 0.29) is 0 Å². The van der Waals surface area contributed by atoms with Gasteiger partial charge in [0.05, 0.1) is 16.1 Å². The summed E-state index contributed by atoms with van der Waals surface area (Å²) >= 11 is 9.92. The lowest BCUT2D eigenvalue weighted by molar-refractivity contribution is -0.139. The molecule has 0 aromatic heterocycles. The molecular weight excluding hydrogens is 485 g/mol. The largest absolute Gasteiger partial charge is 0.755 e. The number of carbonyl (C=O) groups is 1. The van der Waals surface area contributed by atoms with Crippen molar-refractivity contribution in [2.24, 2.45) is 0 Å². The highest BCUT2D eigenvalue weighted by atomic mass is 35.5. The zero-order valence-electron chi connectivity index (χ0n) is 17.4. The summed E-state index contributed by atoms with van der Waals surface area (Å²) in [5.41, 5.74) is 3.74. The van der Waals surface area contributed by atoms with Gasteiger partial charge < -0.3 is 14.4 Å². The number of carboxylic acid groups (broad SMARTS) is 1. The first kappa shape index (κ1) is 23.6. The minimum atomic E-state index is -2.53. The topological polar surface area (TPSA) is 89.9 Å². The van der Waals surface area contributed by atoms with E-state index in [0.29, 0.717) is 34.3 Å². The van der Waals surface area contributed by atoms with Gasteiger partial charge in [0.2, 0.25) is 0 Å². The van der Waals surface area contributed by atoms with Crippen LogP contribution in [0.15, 0.2) is 60.7 Å². The van der Waals surface area contributed by atoms with Gasteiger partial charge in [0, 0.05) is 22.5 Å². The summed E-state index contributed by atoms with van der Waals surface area (Å²) in [6.07, 6.45) is 2.06. The molecule has 2 unspecified atom stereocenters. The highest BCUT2D eigenvalue weighted by Crippen LogP contribution is 2.42. The number of benzene rings is 3. The molecule has 33 heavy (non-hydrogen) atoms. The summed E-state index contributed by atoms with van der Waals surface area (Å²) in [6.45, 7) is -0.453. The van der Waals surface area contributed by atoms with Crippen LogP contribution in [0.5, 0.6) is 5.75 Å². The summed E-state index contributed by atoms with van der Waals surface area (Å²) in [6, 6.07) is 17.4. The van der Waals surface area contributed by atoms with Gasteiger partial charge in [-0.2, -0.15) is 0 Å². The Bertz CT molecular complexity index is 1200. The van der Waals surface area contributed by atoms with Gasteiger partial charge in [-0.05, 0) is 60.2 Å². The van der Waals surface area contributed by atoms with E-state index < -0.39 is 29.9 Å². The van der Waals surface area contributed by atoms with Crippen LogP contribution in [0.1, 0.15) is 30.0 Å². The predicted molar refractivity (Wildman–Crippen MR) is 129 cm³/mol. The smallest absolute Gasteiger partial charge is 0.341 e. The Morgan fingerprint density at radius 3 is 2.55 bits per heavy atom. The standard InChI is InChI=1S/C24H21Cl2NO5S/c25-20-7-1-4-17(24(20)26)15-10-12-16(13-11-15)27(33(30)31)21-8-2-6-19-18(21)5-3-9-22(19)32-14-23(28)29/h1,3-5,7,9-13,21H,2,6,8,14H2,(H,28,29)(H,30,31)/p-1. The molecule has 6 nitrogen and oxygen atoms in total. The molecule has 4 rings (SSSR count). The van der Waals surface area contributed by atoms with E-state index in [9.17, 15) is 13.6 Å². The number of rotatable bonds is 7. The molecule has 0 bridgehead atoms. The lowest BCUT2D eigenvalue weighted by atomic mass is 9.87. The molecule has 1 aliphatic carbocycles. The maximum atomic E-state index is 12.3. The van der Waals surface area contributed by atoms with Gasteiger partial charge in [0.1, 0.15) is 5.75 Å². The van der Waals surface area contributed by atoms with Crippen LogP contribution in [0.2, 0.25) is 10.0 Å². The Morgan fingerprint density at radius 1 is 1.12 bits per heavy atom. The number of hydrogen-bond donors (Lipinski definition) is 1. The molecule has 0 radical (unpaired) electrons. The summed E-state index contributed by atoms with van der Waals surface area (Å²) < 4.78 is 31.5. The minimum Gasteiger partial charge on any atom is -0.755 e. The fraction of sp³-hybridized carbons (Fsp3) is 0.208. The summed E-state index contributed by atoms with van der Waals surface area (Å²) in [5, 5.41) is 9.83. The minimum absolute atomic E-state index is 0.430. The summed E-state index contributed by atoms with van der Waals surface area (Å²) in [7, 11) is 0. The second-order valence-electron chi connectivity index (χ2n) is 7.61. The van der Waals surface area contributed by atoms with Gasteiger partial charge in [0.15, 0.2) is 6.61 Å². The van der Waals surface area contributed by atoms with Crippen molar-refractivity contribution in [2.45, 2.75) is 25.3 Å². The molecule has 0 heterocycles. The van der Waals surface area contributed by atoms with Crippen molar-refractivity contribution in [1.29, 1.82) is 0 Å². The van der Waals surface area contributed by atoms with Gasteiger partial charge in [-0.25, -0.2) is 4.79 Å². The molecule has 2 atom stereocenters. The molecule has 9 heteroatoms. The number of fused-ring (bicyclic) bond motifs is 1. The van der Waals surface area contributed by atoms with E-state index in [1.165, 1.54) is 4.31 Å². The molecule has 3 aromatic carbocycles. The van der Waals surface area contributed by atoms with Crippen molar-refractivity contribution in [3.63, 3.8) is 0 Å². The van der Waals surface area contributed by atoms with Crippen molar-refractivity contribution in [1.82, 2.24) is 0 Å². The predicted octanol–water partition coefficient (Wildman–Crippen LogP) is 5.80. The van der Waals surface area contributed by atoms with Crippen LogP contribution in [0.3, 0.4) is 0 Å². The van der Waals surface area contributed by atoms with E-state index in [0.717, 1.165) is 28.7 Å². The third-order valence-electron chi connectivity index (χ3n) is 5.61. The number of carboxylic acids is 1. The van der Waals surface area contributed by atoms with E-state index in [4.69, 9.17) is 33.0 Å². The zero-order valence-corrected chi connectivity index (χ0v) is 19.7. The number of aliphatic carboxylic acids is 1. The molecule has 0 saturated heterocycles. The Morgan fingerprint density at radius 2 is 1.85 bits per heavy atom. The van der Waals surface area contributed by atoms with Crippen LogP contribution in [0.25, 0.3) is 11.1 Å². The van der Waals surface area contributed by atoms with E-state index in [1.807, 2.05) is 24.3 Å². The number of halogens is 2. The molecule has 0 aliphatic heterocycles. The van der Waals surface area contributed by atoms with E-state index in [2.05, 4.69) is 0 Å². The Kier molecular flexibility index (Phi) is 7.24. The van der Waals surface area contributed by atoms with Crippen LogP contribution >= 0.6 is 23.2 Å². The molecule has 0 saturated carbocycles. The molecule has 3 aromatic rings. The van der Waals surface area contributed by atoms with Crippen molar-refractivity contribution < 1.29 is 23.4 Å². The lowest BCUT2D eigenvalue weighted by Gasteiger charge is -2.38. The van der Waals surface area contributed by atoms with Crippen LogP contribution in [-0.2, 0) is 22.5 Å². The molecule has 1 aliphatic rings. The van der Waals surface area contributed by atoms with Gasteiger partial charge in [-0.15, -0.1) is 0 Å². The van der Waals surface area contributed by atoms with Crippen LogP contribution < -0.4 is 9.04 Å². The third-order valence-corrected chi connectivity index (χ3v) is 7.22. The second kappa shape index (κ2) is 10.1. The normalized spacial score (nSPS) is 16.0. The quantitative estimate of drug-likeness (QED) is 0.410.